The molecule has 2 aliphatic heterocycles. The molecule has 0 aromatic heterocycles. The lowest BCUT2D eigenvalue weighted by atomic mass is 9.85. The summed E-state index contributed by atoms with van der Waals surface area (Å²) in [5.74, 6) is 1.06. The van der Waals surface area contributed by atoms with Crippen molar-refractivity contribution in [3.8, 4) is 11.5 Å². The van der Waals surface area contributed by atoms with Gasteiger partial charge in [0.1, 0.15) is 0 Å². The summed E-state index contributed by atoms with van der Waals surface area (Å²) in [6.07, 6.45) is 0. The molecule has 6 nitrogen and oxygen atoms in total. The van der Waals surface area contributed by atoms with E-state index in [1.54, 1.807) is 42.3 Å². The molecule has 4 rings (SSSR count). The lowest BCUT2D eigenvalue weighted by molar-refractivity contribution is -0.121. The van der Waals surface area contributed by atoms with E-state index in [0.717, 1.165) is 11.3 Å². The molecule has 0 saturated heterocycles. The van der Waals surface area contributed by atoms with Crippen molar-refractivity contribution in [2.24, 2.45) is 0 Å². The van der Waals surface area contributed by atoms with Gasteiger partial charge in [-0.2, -0.15) is 0 Å². The Morgan fingerprint density at radius 3 is 2.68 bits per heavy atom. The maximum Gasteiger partial charge on any atom is 0.255 e. The third kappa shape index (κ3) is 2.33. The molecule has 6 heteroatoms. The van der Waals surface area contributed by atoms with Crippen LogP contribution in [0.5, 0.6) is 11.5 Å². The number of ether oxygens (including phenoxy) is 2. The molecule has 0 fully saturated rings. The van der Waals surface area contributed by atoms with Crippen LogP contribution < -0.4 is 19.7 Å². The van der Waals surface area contributed by atoms with E-state index >= 15 is 0 Å². The number of rotatable bonds is 2. The van der Waals surface area contributed by atoms with E-state index in [4.69, 9.17) is 9.47 Å². The van der Waals surface area contributed by atoms with Crippen LogP contribution in [0.1, 0.15) is 29.8 Å². The Bertz CT molecular complexity index is 904. The van der Waals surface area contributed by atoms with Crippen molar-refractivity contribution in [2.45, 2.75) is 19.3 Å². The second-order valence-corrected chi connectivity index (χ2v) is 6.74. The van der Waals surface area contributed by atoms with Crippen LogP contribution >= 0.6 is 0 Å². The Hall–Kier alpha value is -3.02. The number of benzene rings is 2. The summed E-state index contributed by atoms with van der Waals surface area (Å²) in [7, 11) is 1.75. The van der Waals surface area contributed by atoms with E-state index in [9.17, 15) is 9.59 Å². The number of carbonyl (C=O) groups is 2. The van der Waals surface area contributed by atoms with Gasteiger partial charge in [-0.05, 0) is 49.7 Å². The van der Waals surface area contributed by atoms with Gasteiger partial charge >= 0.3 is 0 Å². The van der Waals surface area contributed by atoms with Gasteiger partial charge in [-0.15, -0.1) is 0 Å². The van der Waals surface area contributed by atoms with Crippen molar-refractivity contribution in [1.29, 1.82) is 0 Å². The summed E-state index contributed by atoms with van der Waals surface area (Å²) in [5, 5.41) is 2.86. The number of hydrogen-bond acceptors (Lipinski definition) is 4. The summed E-state index contributed by atoms with van der Waals surface area (Å²) in [6, 6.07) is 10.6. The molecule has 2 amide bonds. The highest BCUT2D eigenvalue weighted by Crippen LogP contribution is 2.41. The highest BCUT2D eigenvalue weighted by Gasteiger charge is 2.42. The zero-order valence-corrected chi connectivity index (χ0v) is 14.3. The fourth-order valence-electron chi connectivity index (χ4n) is 3.29. The van der Waals surface area contributed by atoms with Crippen LogP contribution in [-0.4, -0.2) is 25.7 Å². The molecule has 0 unspecified atom stereocenters. The lowest BCUT2D eigenvalue weighted by Gasteiger charge is -2.16. The molecule has 2 heterocycles. The van der Waals surface area contributed by atoms with Crippen LogP contribution in [0.2, 0.25) is 0 Å². The van der Waals surface area contributed by atoms with Crippen LogP contribution in [0.15, 0.2) is 36.4 Å². The predicted octanol–water partition coefficient (Wildman–Crippen LogP) is 2.92. The van der Waals surface area contributed by atoms with Crippen molar-refractivity contribution in [2.75, 3.05) is 24.1 Å². The van der Waals surface area contributed by atoms with Crippen molar-refractivity contribution >= 4 is 23.2 Å². The number of anilines is 2. The van der Waals surface area contributed by atoms with E-state index in [-0.39, 0.29) is 18.6 Å². The first-order chi connectivity index (χ1) is 11.9. The van der Waals surface area contributed by atoms with Crippen LogP contribution in [0.3, 0.4) is 0 Å². The number of amides is 2. The summed E-state index contributed by atoms with van der Waals surface area (Å²) < 4.78 is 10.6. The molecule has 0 spiro atoms. The van der Waals surface area contributed by atoms with E-state index in [1.165, 1.54) is 0 Å². The largest absolute Gasteiger partial charge is 0.454 e. The van der Waals surface area contributed by atoms with Gasteiger partial charge in [0.25, 0.3) is 5.91 Å². The zero-order chi connectivity index (χ0) is 17.8. The Morgan fingerprint density at radius 1 is 1.12 bits per heavy atom. The molecule has 25 heavy (non-hydrogen) atoms. The maximum absolute atomic E-state index is 12.6. The van der Waals surface area contributed by atoms with Crippen molar-refractivity contribution in [3.05, 3.63) is 47.5 Å². The first-order valence-corrected chi connectivity index (χ1v) is 8.01. The Morgan fingerprint density at radius 2 is 1.88 bits per heavy atom. The van der Waals surface area contributed by atoms with Crippen molar-refractivity contribution < 1.29 is 19.1 Å². The third-order valence-electron chi connectivity index (χ3n) is 4.76. The summed E-state index contributed by atoms with van der Waals surface area (Å²) in [4.78, 5) is 26.6. The number of hydrogen-bond donors (Lipinski definition) is 1. The predicted molar refractivity (Wildman–Crippen MR) is 93.4 cm³/mol. The number of fused-ring (bicyclic) bond motifs is 2. The second kappa shape index (κ2) is 5.24. The fourth-order valence-corrected chi connectivity index (χ4v) is 3.29. The molecule has 0 aliphatic carbocycles. The number of likely N-dealkylation sites (N-methyl/N-ethyl adjacent to an activating group) is 1. The van der Waals surface area contributed by atoms with Gasteiger partial charge in [0.05, 0.1) is 5.41 Å². The third-order valence-corrected chi connectivity index (χ3v) is 4.76. The van der Waals surface area contributed by atoms with Gasteiger partial charge in [0.2, 0.25) is 12.7 Å². The molecule has 0 bridgehead atoms. The normalized spacial score (nSPS) is 16.8. The van der Waals surface area contributed by atoms with Crippen LogP contribution in [0.25, 0.3) is 0 Å². The van der Waals surface area contributed by atoms with E-state index in [0.29, 0.717) is 22.7 Å². The summed E-state index contributed by atoms with van der Waals surface area (Å²) >= 11 is 0. The summed E-state index contributed by atoms with van der Waals surface area (Å²) in [6.45, 7) is 3.93. The highest BCUT2D eigenvalue weighted by molar-refractivity contribution is 6.10. The molecule has 1 N–H and O–H groups in total. The minimum absolute atomic E-state index is 0.0239. The standard InChI is InChI=1S/C19H18N2O4/c1-19(2)13-8-11(4-6-14(13)21(3)18(19)23)17(22)20-12-5-7-15-16(9-12)25-10-24-15/h4-9H,10H2,1-3H3,(H,20,22). The Balaban J connectivity index is 1.62. The van der Waals surface area contributed by atoms with Crippen molar-refractivity contribution in [3.63, 3.8) is 0 Å². The summed E-state index contributed by atoms with van der Waals surface area (Å²) in [5.41, 5.74) is 2.20. The minimum atomic E-state index is -0.640. The minimum Gasteiger partial charge on any atom is -0.454 e. The first kappa shape index (κ1) is 15.5. The molecule has 0 atom stereocenters. The first-order valence-electron chi connectivity index (χ1n) is 8.01. The average molecular weight is 338 g/mol. The van der Waals surface area contributed by atoms with Crippen LogP contribution in [0, 0.1) is 0 Å². The van der Waals surface area contributed by atoms with Gasteiger partial charge in [0, 0.05) is 30.1 Å². The van der Waals surface area contributed by atoms with E-state index in [1.807, 2.05) is 19.9 Å². The quantitative estimate of drug-likeness (QED) is 0.914. The zero-order valence-electron chi connectivity index (χ0n) is 14.3. The maximum atomic E-state index is 12.6. The molecule has 128 valence electrons. The monoisotopic (exact) mass is 338 g/mol. The SMILES string of the molecule is CN1C(=O)C(C)(C)c2cc(C(=O)Nc3ccc4c(c3)OCO4)ccc21. The van der Waals surface area contributed by atoms with Crippen LogP contribution in [0.4, 0.5) is 11.4 Å². The molecule has 2 aliphatic rings. The number of carbonyl (C=O) groups excluding carboxylic acids is 2. The smallest absolute Gasteiger partial charge is 0.255 e. The molecular formula is C19H18N2O4. The lowest BCUT2D eigenvalue weighted by Crippen LogP contribution is -2.33. The van der Waals surface area contributed by atoms with Crippen LogP contribution in [-0.2, 0) is 10.2 Å². The fraction of sp³-hybridized carbons (Fsp3) is 0.263. The highest BCUT2D eigenvalue weighted by atomic mass is 16.7. The second-order valence-electron chi connectivity index (χ2n) is 6.74. The molecule has 0 radical (unpaired) electrons. The van der Waals surface area contributed by atoms with Gasteiger partial charge in [0.15, 0.2) is 11.5 Å². The van der Waals surface area contributed by atoms with E-state index in [2.05, 4.69) is 5.32 Å². The topological polar surface area (TPSA) is 67.9 Å². The molecular weight excluding hydrogens is 320 g/mol. The number of nitrogens with zero attached hydrogens (tertiary/aromatic N) is 1. The number of nitrogens with one attached hydrogen (secondary N) is 1. The Kier molecular flexibility index (Phi) is 3.25. The Labute approximate surface area is 145 Å². The molecule has 2 aromatic rings. The van der Waals surface area contributed by atoms with Gasteiger partial charge in [-0.3, -0.25) is 9.59 Å². The van der Waals surface area contributed by atoms with E-state index < -0.39 is 5.41 Å². The van der Waals surface area contributed by atoms with Gasteiger partial charge < -0.3 is 19.7 Å². The average Bonchev–Trinajstić information content (AvgIpc) is 3.13. The van der Waals surface area contributed by atoms with Gasteiger partial charge in [-0.1, -0.05) is 0 Å². The molecule has 0 saturated carbocycles. The van der Waals surface area contributed by atoms with Gasteiger partial charge in [-0.25, -0.2) is 0 Å². The molecule has 2 aromatic carbocycles. The van der Waals surface area contributed by atoms with Crippen molar-refractivity contribution in [1.82, 2.24) is 0 Å².